The van der Waals surface area contributed by atoms with Gasteiger partial charge in [-0.05, 0) is 37.3 Å². The van der Waals surface area contributed by atoms with Gasteiger partial charge in [0.05, 0.1) is 4.92 Å². The van der Waals surface area contributed by atoms with Crippen molar-refractivity contribution in [3.05, 3.63) is 34.4 Å². The predicted octanol–water partition coefficient (Wildman–Crippen LogP) is 3.89. The van der Waals surface area contributed by atoms with E-state index in [2.05, 4.69) is 0 Å². The fraction of sp³-hybridized carbons (Fsp3) is 0.529. The van der Waals surface area contributed by atoms with Gasteiger partial charge >= 0.3 is 6.16 Å². The second kappa shape index (κ2) is 7.90. The first kappa shape index (κ1) is 17.9. The molecule has 0 bridgehead atoms. The average molecular weight is 335 g/mol. The highest BCUT2D eigenvalue weighted by molar-refractivity contribution is 5.82. The first-order valence-corrected chi connectivity index (χ1v) is 8.02. The number of non-ortho nitro benzene ring substituents is 1. The van der Waals surface area contributed by atoms with Gasteiger partial charge in [0, 0.05) is 24.5 Å². The number of ether oxygens (including phenoxy) is 2. The molecule has 0 aromatic heterocycles. The Balaban J connectivity index is 1.90. The molecule has 0 radical (unpaired) electrons. The molecule has 1 unspecified atom stereocenters. The van der Waals surface area contributed by atoms with Gasteiger partial charge in [0.25, 0.3) is 5.69 Å². The molecule has 130 valence electrons. The van der Waals surface area contributed by atoms with Crippen LogP contribution in [-0.2, 0) is 9.53 Å². The van der Waals surface area contributed by atoms with Crippen molar-refractivity contribution >= 4 is 17.6 Å². The molecule has 0 aliphatic heterocycles. The quantitative estimate of drug-likeness (QED) is 0.272. The summed E-state index contributed by atoms with van der Waals surface area (Å²) in [5, 5.41) is 10.6. The predicted molar refractivity (Wildman–Crippen MR) is 85.8 cm³/mol. The second-order valence-corrected chi connectivity index (χ2v) is 6.29. The number of benzene rings is 1. The van der Waals surface area contributed by atoms with Gasteiger partial charge < -0.3 is 9.47 Å². The van der Waals surface area contributed by atoms with Crippen molar-refractivity contribution in [1.82, 2.24) is 0 Å². The molecule has 24 heavy (non-hydrogen) atoms. The molecule has 1 aromatic rings. The molecule has 1 aliphatic carbocycles. The molecule has 1 aromatic carbocycles. The van der Waals surface area contributed by atoms with Crippen LogP contribution in [0.5, 0.6) is 5.75 Å². The van der Waals surface area contributed by atoms with Gasteiger partial charge in [0.1, 0.15) is 17.6 Å². The number of nitro groups is 1. The van der Waals surface area contributed by atoms with E-state index < -0.39 is 17.2 Å². The summed E-state index contributed by atoms with van der Waals surface area (Å²) in [6, 6.07) is 5.13. The molecule has 0 N–H and O–H groups in total. The molecule has 7 heteroatoms. The first-order chi connectivity index (χ1) is 11.4. The molecule has 1 aliphatic rings. The van der Waals surface area contributed by atoms with Crippen LogP contribution < -0.4 is 4.74 Å². The number of hydrogen-bond donors (Lipinski definition) is 0. The summed E-state index contributed by atoms with van der Waals surface area (Å²) >= 11 is 0. The summed E-state index contributed by atoms with van der Waals surface area (Å²) in [5.74, 6) is 0.578. The molecule has 0 amide bonds. The monoisotopic (exact) mass is 335 g/mol. The maximum Gasteiger partial charge on any atom is 0.514 e. The van der Waals surface area contributed by atoms with E-state index in [0.29, 0.717) is 6.42 Å². The highest BCUT2D eigenvalue weighted by atomic mass is 16.7. The third-order valence-corrected chi connectivity index (χ3v) is 4.20. The van der Waals surface area contributed by atoms with Crippen molar-refractivity contribution in [2.75, 3.05) is 0 Å². The summed E-state index contributed by atoms with van der Waals surface area (Å²) < 4.78 is 10.2. The molecule has 1 saturated carbocycles. The van der Waals surface area contributed by atoms with E-state index in [1.54, 1.807) is 0 Å². The van der Waals surface area contributed by atoms with Crippen LogP contribution in [0.25, 0.3) is 0 Å². The Morgan fingerprint density at radius 2 is 1.92 bits per heavy atom. The van der Waals surface area contributed by atoms with Gasteiger partial charge in [-0.3, -0.25) is 14.9 Å². The summed E-state index contributed by atoms with van der Waals surface area (Å²) in [6.07, 6.45) is 1.09. The molecule has 2 atom stereocenters. The van der Waals surface area contributed by atoms with Crippen LogP contribution in [0.4, 0.5) is 10.5 Å². The zero-order valence-electron chi connectivity index (χ0n) is 13.8. The van der Waals surface area contributed by atoms with Crippen molar-refractivity contribution in [1.29, 1.82) is 0 Å². The maximum atomic E-state index is 12.2. The van der Waals surface area contributed by atoms with E-state index >= 15 is 0 Å². The fourth-order valence-corrected chi connectivity index (χ4v) is 2.90. The van der Waals surface area contributed by atoms with Crippen molar-refractivity contribution in [2.24, 2.45) is 11.8 Å². The number of carbonyl (C=O) groups is 2. The lowest BCUT2D eigenvalue weighted by molar-refractivity contribution is -0.384. The number of nitrogens with zero attached hydrogens (tertiary/aromatic N) is 1. The zero-order chi connectivity index (χ0) is 17.7. The number of ketones is 1. The zero-order valence-corrected chi connectivity index (χ0v) is 13.8. The number of rotatable bonds is 4. The van der Waals surface area contributed by atoms with Gasteiger partial charge in [-0.15, -0.1) is 0 Å². The third-order valence-electron chi connectivity index (χ3n) is 4.20. The largest absolute Gasteiger partial charge is 0.514 e. The van der Waals surface area contributed by atoms with E-state index in [1.165, 1.54) is 24.3 Å². The highest BCUT2D eigenvalue weighted by Gasteiger charge is 2.30. The summed E-state index contributed by atoms with van der Waals surface area (Å²) in [5.41, 5.74) is -0.0928. The number of nitro benzene ring substituents is 1. The Morgan fingerprint density at radius 1 is 1.25 bits per heavy atom. The van der Waals surface area contributed by atoms with Crippen LogP contribution >= 0.6 is 0 Å². The minimum atomic E-state index is -0.898. The van der Waals surface area contributed by atoms with E-state index in [1.807, 2.05) is 13.8 Å². The van der Waals surface area contributed by atoms with Crippen LogP contribution in [0.2, 0.25) is 0 Å². The summed E-state index contributed by atoms with van der Waals surface area (Å²) in [7, 11) is 0. The number of Topliss-reactive ketones (excluding diaryl/α,β-unsaturated/α-hetero) is 1. The van der Waals surface area contributed by atoms with Crippen molar-refractivity contribution in [3.8, 4) is 5.75 Å². The summed E-state index contributed by atoms with van der Waals surface area (Å²) in [6.45, 7) is 4.04. The van der Waals surface area contributed by atoms with E-state index in [9.17, 15) is 19.7 Å². The van der Waals surface area contributed by atoms with Crippen LogP contribution in [0.1, 0.15) is 39.5 Å². The maximum absolute atomic E-state index is 12.2. The van der Waals surface area contributed by atoms with Crippen molar-refractivity contribution in [2.45, 2.75) is 45.6 Å². The average Bonchev–Trinajstić information content (AvgIpc) is 2.68. The molecule has 1 fully saturated rings. The van der Waals surface area contributed by atoms with Crippen LogP contribution in [0, 0.1) is 22.0 Å². The Bertz CT molecular complexity index is 610. The normalized spacial score (nSPS) is 21.2. The SMILES string of the molecule is CC(C)C1CCC[C@@H](OC(=O)Oc2ccc([N+](=O)[O-])cc2)CC1=O. The van der Waals surface area contributed by atoms with Gasteiger partial charge in [0.2, 0.25) is 0 Å². The van der Waals surface area contributed by atoms with E-state index in [-0.39, 0.29) is 35.5 Å². The molecular formula is C17H21NO6. The lowest BCUT2D eigenvalue weighted by Gasteiger charge is -2.17. The van der Waals surface area contributed by atoms with Gasteiger partial charge in [0.15, 0.2) is 0 Å². The smallest absolute Gasteiger partial charge is 0.430 e. The summed E-state index contributed by atoms with van der Waals surface area (Å²) in [4.78, 5) is 34.1. The lowest BCUT2D eigenvalue weighted by atomic mass is 9.88. The Kier molecular flexibility index (Phi) is 5.89. The molecular weight excluding hydrogens is 314 g/mol. The minimum absolute atomic E-state index is 0.0179. The minimum Gasteiger partial charge on any atom is -0.430 e. The number of carbonyl (C=O) groups excluding carboxylic acids is 2. The Morgan fingerprint density at radius 3 is 2.50 bits per heavy atom. The van der Waals surface area contributed by atoms with E-state index in [4.69, 9.17) is 9.47 Å². The van der Waals surface area contributed by atoms with Gasteiger partial charge in [-0.25, -0.2) is 4.79 Å². The molecule has 0 spiro atoms. The van der Waals surface area contributed by atoms with Crippen molar-refractivity contribution < 1.29 is 24.0 Å². The highest BCUT2D eigenvalue weighted by Crippen LogP contribution is 2.28. The lowest BCUT2D eigenvalue weighted by Crippen LogP contribution is -2.25. The van der Waals surface area contributed by atoms with E-state index in [0.717, 1.165) is 12.8 Å². The molecule has 0 heterocycles. The Hall–Kier alpha value is -2.44. The third kappa shape index (κ3) is 4.78. The second-order valence-electron chi connectivity index (χ2n) is 6.29. The van der Waals surface area contributed by atoms with Crippen LogP contribution in [-0.4, -0.2) is 23.0 Å². The topological polar surface area (TPSA) is 95.7 Å². The molecule has 2 rings (SSSR count). The van der Waals surface area contributed by atoms with Crippen molar-refractivity contribution in [3.63, 3.8) is 0 Å². The van der Waals surface area contributed by atoms with Crippen LogP contribution in [0.3, 0.4) is 0 Å². The fourth-order valence-electron chi connectivity index (χ4n) is 2.90. The van der Waals surface area contributed by atoms with Gasteiger partial charge in [-0.1, -0.05) is 13.8 Å². The van der Waals surface area contributed by atoms with Gasteiger partial charge in [-0.2, -0.15) is 0 Å². The molecule has 0 saturated heterocycles. The molecule has 7 nitrogen and oxygen atoms in total. The van der Waals surface area contributed by atoms with Crippen LogP contribution in [0.15, 0.2) is 24.3 Å². The number of hydrogen-bond acceptors (Lipinski definition) is 6. The first-order valence-electron chi connectivity index (χ1n) is 8.02. The standard InChI is InChI=1S/C17H21NO6/c1-11(2)15-5-3-4-14(10-16(15)19)24-17(20)23-13-8-6-12(7-9-13)18(21)22/h6-9,11,14-15H,3-5,10H2,1-2H3/t14-,15?/m1/s1. The Labute approximate surface area is 140 Å².